The van der Waals surface area contributed by atoms with Gasteiger partial charge in [-0.05, 0) is 38.0 Å². The highest BCUT2D eigenvalue weighted by atomic mass is 16.1. The third kappa shape index (κ3) is 8.41. The fraction of sp³-hybridized carbons (Fsp3) is 0.786. The van der Waals surface area contributed by atoms with Crippen molar-refractivity contribution in [1.82, 2.24) is 0 Å². The average Bonchev–Trinajstić information content (AvgIpc) is 2.17. The van der Waals surface area contributed by atoms with Gasteiger partial charge in [-0.25, -0.2) is 0 Å². The van der Waals surface area contributed by atoms with Gasteiger partial charge in [-0.15, -0.1) is 0 Å². The predicted molar refractivity (Wildman–Crippen MR) is 66.9 cm³/mol. The van der Waals surface area contributed by atoms with Crippen LogP contribution in [0.15, 0.2) is 12.2 Å². The largest absolute Gasteiger partial charge is 0.303 e. The van der Waals surface area contributed by atoms with Crippen LogP contribution >= 0.6 is 0 Å². The highest BCUT2D eigenvalue weighted by Gasteiger charge is 2.16. The van der Waals surface area contributed by atoms with Crippen LogP contribution in [0.2, 0.25) is 0 Å². The maximum Gasteiger partial charge on any atom is 0.122 e. The minimum Gasteiger partial charge on any atom is -0.303 e. The molecule has 0 radical (unpaired) electrons. The first-order valence-corrected chi connectivity index (χ1v) is 6.08. The molecule has 0 aliphatic rings. The minimum absolute atomic E-state index is 0.233. The van der Waals surface area contributed by atoms with Crippen molar-refractivity contribution in [2.24, 2.45) is 11.3 Å². The Morgan fingerprint density at radius 1 is 1.27 bits per heavy atom. The number of carbonyl (C=O) groups excluding carboxylic acids is 1. The summed E-state index contributed by atoms with van der Waals surface area (Å²) in [5.74, 6) is 0.233. The first kappa shape index (κ1) is 14.4. The van der Waals surface area contributed by atoms with Gasteiger partial charge in [0.15, 0.2) is 0 Å². The molecule has 0 aliphatic carbocycles. The van der Waals surface area contributed by atoms with Gasteiger partial charge in [0.25, 0.3) is 0 Å². The third-order valence-corrected chi connectivity index (χ3v) is 2.97. The van der Waals surface area contributed by atoms with E-state index in [2.05, 4.69) is 32.9 Å². The molecule has 0 aromatic heterocycles. The molecule has 0 spiro atoms. The number of hydrogen-bond donors (Lipinski definition) is 0. The third-order valence-electron chi connectivity index (χ3n) is 2.97. The summed E-state index contributed by atoms with van der Waals surface area (Å²) in [6, 6.07) is 0. The molecular weight excluding hydrogens is 184 g/mol. The molecule has 0 saturated carbocycles. The molecule has 0 bridgehead atoms. The molecular formula is C14H26O. The molecule has 1 unspecified atom stereocenters. The number of rotatable bonds is 8. The first-order valence-electron chi connectivity index (χ1n) is 6.08. The van der Waals surface area contributed by atoms with Crippen LogP contribution in [0.5, 0.6) is 0 Å². The van der Waals surface area contributed by atoms with Crippen LogP contribution < -0.4 is 0 Å². The van der Waals surface area contributed by atoms with E-state index in [0.29, 0.717) is 5.41 Å². The lowest BCUT2D eigenvalue weighted by Crippen LogP contribution is -2.11. The Kier molecular flexibility index (Phi) is 7.37. The van der Waals surface area contributed by atoms with Crippen LogP contribution in [-0.4, -0.2) is 6.29 Å². The van der Waals surface area contributed by atoms with Crippen molar-refractivity contribution in [3.05, 3.63) is 12.2 Å². The van der Waals surface area contributed by atoms with Crippen LogP contribution in [0.3, 0.4) is 0 Å². The van der Waals surface area contributed by atoms with E-state index in [1.807, 2.05) is 6.92 Å². The Morgan fingerprint density at radius 2 is 1.93 bits per heavy atom. The van der Waals surface area contributed by atoms with Crippen molar-refractivity contribution >= 4 is 6.29 Å². The topological polar surface area (TPSA) is 17.1 Å². The molecule has 0 amide bonds. The standard InChI is InChI=1S/C14H26O/c1-5-6-7-10-14(3,4)11-8-9-13(2)12-15/h5-6,12-13H,7-11H2,1-4H3. The molecule has 1 heteroatoms. The second-order valence-corrected chi connectivity index (χ2v) is 5.28. The van der Waals surface area contributed by atoms with Gasteiger partial charge in [-0.2, -0.15) is 0 Å². The van der Waals surface area contributed by atoms with Gasteiger partial charge in [0.2, 0.25) is 0 Å². The first-order chi connectivity index (χ1) is 7.02. The van der Waals surface area contributed by atoms with Crippen LogP contribution in [0.1, 0.15) is 59.8 Å². The summed E-state index contributed by atoms with van der Waals surface area (Å²) in [6.45, 7) is 8.71. The summed E-state index contributed by atoms with van der Waals surface area (Å²) in [6.07, 6.45) is 11.3. The maximum absolute atomic E-state index is 10.5. The predicted octanol–water partition coefficient (Wildman–Crippen LogP) is 4.37. The van der Waals surface area contributed by atoms with Gasteiger partial charge >= 0.3 is 0 Å². The van der Waals surface area contributed by atoms with E-state index in [0.717, 1.165) is 12.7 Å². The summed E-state index contributed by atoms with van der Waals surface area (Å²) in [4.78, 5) is 10.5. The molecule has 0 N–H and O–H groups in total. The van der Waals surface area contributed by atoms with Gasteiger partial charge in [0.05, 0.1) is 0 Å². The van der Waals surface area contributed by atoms with Crippen molar-refractivity contribution in [3.8, 4) is 0 Å². The number of allylic oxidation sites excluding steroid dienone is 2. The molecule has 0 aromatic carbocycles. The normalized spacial score (nSPS) is 14.4. The summed E-state index contributed by atoms with van der Waals surface area (Å²) in [5, 5.41) is 0. The number of carbonyl (C=O) groups is 1. The Labute approximate surface area is 95.0 Å². The summed E-state index contributed by atoms with van der Waals surface area (Å²) < 4.78 is 0. The second kappa shape index (κ2) is 7.67. The maximum atomic E-state index is 10.5. The lowest BCUT2D eigenvalue weighted by atomic mass is 9.82. The molecule has 0 fully saturated rings. The Morgan fingerprint density at radius 3 is 2.47 bits per heavy atom. The van der Waals surface area contributed by atoms with Gasteiger partial charge in [0, 0.05) is 5.92 Å². The van der Waals surface area contributed by atoms with Crippen molar-refractivity contribution in [1.29, 1.82) is 0 Å². The van der Waals surface area contributed by atoms with E-state index < -0.39 is 0 Å². The van der Waals surface area contributed by atoms with E-state index in [4.69, 9.17) is 0 Å². The van der Waals surface area contributed by atoms with Gasteiger partial charge in [-0.3, -0.25) is 0 Å². The molecule has 0 saturated heterocycles. The second-order valence-electron chi connectivity index (χ2n) is 5.28. The van der Waals surface area contributed by atoms with Crippen molar-refractivity contribution in [2.45, 2.75) is 59.8 Å². The lowest BCUT2D eigenvalue weighted by Gasteiger charge is -2.24. The average molecular weight is 210 g/mol. The lowest BCUT2D eigenvalue weighted by molar-refractivity contribution is -0.110. The van der Waals surface area contributed by atoms with Crippen molar-refractivity contribution in [3.63, 3.8) is 0 Å². The summed E-state index contributed by atoms with van der Waals surface area (Å²) >= 11 is 0. The van der Waals surface area contributed by atoms with E-state index in [9.17, 15) is 4.79 Å². The zero-order valence-electron chi connectivity index (χ0n) is 10.8. The molecule has 0 heterocycles. The van der Waals surface area contributed by atoms with Gasteiger partial charge in [0.1, 0.15) is 6.29 Å². The van der Waals surface area contributed by atoms with Gasteiger partial charge in [-0.1, -0.05) is 39.3 Å². The zero-order chi connectivity index (χ0) is 11.7. The van der Waals surface area contributed by atoms with Crippen molar-refractivity contribution in [2.75, 3.05) is 0 Å². The van der Waals surface area contributed by atoms with Crippen LogP contribution in [-0.2, 0) is 4.79 Å². The Balaban J connectivity index is 3.68. The molecule has 1 nitrogen and oxygen atoms in total. The molecule has 0 aliphatic heterocycles. The Hall–Kier alpha value is -0.590. The molecule has 88 valence electrons. The van der Waals surface area contributed by atoms with E-state index >= 15 is 0 Å². The quantitative estimate of drug-likeness (QED) is 0.429. The van der Waals surface area contributed by atoms with E-state index in [1.54, 1.807) is 0 Å². The minimum atomic E-state index is 0.233. The summed E-state index contributed by atoms with van der Waals surface area (Å²) in [7, 11) is 0. The molecule has 1 atom stereocenters. The number of aldehydes is 1. The SMILES string of the molecule is CC=CCCC(C)(C)CCCC(C)C=O. The van der Waals surface area contributed by atoms with Crippen LogP contribution in [0.4, 0.5) is 0 Å². The Bertz CT molecular complexity index is 192. The zero-order valence-corrected chi connectivity index (χ0v) is 10.8. The van der Waals surface area contributed by atoms with Crippen LogP contribution in [0, 0.1) is 11.3 Å². The number of hydrogen-bond acceptors (Lipinski definition) is 1. The molecule has 0 aromatic rings. The van der Waals surface area contributed by atoms with E-state index in [1.165, 1.54) is 25.7 Å². The smallest absolute Gasteiger partial charge is 0.122 e. The molecule has 15 heavy (non-hydrogen) atoms. The van der Waals surface area contributed by atoms with Gasteiger partial charge < -0.3 is 4.79 Å². The summed E-state index contributed by atoms with van der Waals surface area (Å²) in [5.41, 5.74) is 0.419. The van der Waals surface area contributed by atoms with E-state index in [-0.39, 0.29) is 5.92 Å². The van der Waals surface area contributed by atoms with Crippen LogP contribution in [0.25, 0.3) is 0 Å². The van der Waals surface area contributed by atoms with Crippen molar-refractivity contribution < 1.29 is 4.79 Å². The highest BCUT2D eigenvalue weighted by molar-refractivity contribution is 5.52. The fourth-order valence-corrected chi connectivity index (χ4v) is 1.74. The fourth-order valence-electron chi connectivity index (χ4n) is 1.74. The highest BCUT2D eigenvalue weighted by Crippen LogP contribution is 2.29. The monoisotopic (exact) mass is 210 g/mol. The molecule has 0 rings (SSSR count).